The van der Waals surface area contributed by atoms with Gasteiger partial charge in [-0.25, -0.2) is 19.2 Å². The van der Waals surface area contributed by atoms with Gasteiger partial charge in [-0.15, -0.1) is 6.42 Å². The molecule has 0 radical (unpaired) electrons. The van der Waals surface area contributed by atoms with Crippen molar-refractivity contribution in [3.05, 3.63) is 99.3 Å². The van der Waals surface area contributed by atoms with Crippen LogP contribution in [0.2, 0.25) is 0 Å². The summed E-state index contributed by atoms with van der Waals surface area (Å²) in [5.74, 6) is 1.63. The number of esters is 1. The van der Waals surface area contributed by atoms with Gasteiger partial charge < -0.3 is 24.2 Å². The third kappa shape index (κ3) is 6.57. The Morgan fingerprint density at radius 2 is 1.82 bits per heavy atom. The van der Waals surface area contributed by atoms with Gasteiger partial charge in [-0.05, 0) is 24.3 Å². The fourth-order valence-corrected chi connectivity index (χ4v) is 5.15. The summed E-state index contributed by atoms with van der Waals surface area (Å²) in [5, 5.41) is 24.3. The van der Waals surface area contributed by atoms with Crippen LogP contribution in [0, 0.1) is 12.3 Å². The Bertz CT molecular complexity index is 1520. The maximum atomic E-state index is 13.6. The van der Waals surface area contributed by atoms with Crippen LogP contribution in [0.4, 0.5) is 0 Å². The monoisotopic (exact) mass is 571 g/mol. The summed E-state index contributed by atoms with van der Waals surface area (Å²) < 4.78 is 36.3. The lowest BCUT2D eigenvalue weighted by molar-refractivity contribution is -0.0757. The Hall–Kier alpha value is -4.02. The van der Waals surface area contributed by atoms with Gasteiger partial charge >= 0.3 is 19.4 Å². The van der Waals surface area contributed by atoms with E-state index in [0.717, 1.165) is 16.8 Å². The molecule has 14 heteroatoms. The number of hydrogen-bond donors (Lipinski definition) is 4. The highest BCUT2D eigenvalue weighted by molar-refractivity contribution is 7.52. The average Bonchev–Trinajstić information content (AvgIpc) is 3.21. The van der Waals surface area contributed by atoms with Gasteiger partial charge in [0.05, 0.1) is 12.2 Å². The molecule has 1 aliphatic rings. The highest BCUT2D eigenvalue weighted by atomic mass is 31.2. The molecular weight excluding hydrogens is 545 g/mol. The Labute approximate surface area is 227 Å². The standard InChI is InChI=1S/C26H26N3O10P/c1-2-26(34)22(31)20(38-24(26)29-15-13-21(30)28-25(29)33)17-37-40(35,39-19-11-7-4-8-12-19)27-14-16-36-23(32)18-9-5-3-6-10-18/h1,3-13,15,20,22,24,31,34H,14,16-17H2,(H,27,35)(H,28,30,33)/t20-,22-,24?,26-,40?/m1/s1. The first-order valence-corrected chi connectivity index (χ1v) is 13.5. The topological polar surface area (TPSA) is 178 Å². The van der Waals surface area contributed by atoms with Gasteiger partial charge in [-0.1, -0.05) is 42.3 Å². The van der Waals surface area contributed by atoms with E-state index in [9.17, 15) is 29.2 Å². The summed E-state index contributed by atoms with van der Waals surface area (Å²) in [6, 6.07) is 17.4. The van der Waals surface area contributed by atoms with Crippen molar-refractivity contribution in [2.24, 2.45) is 0 Å². The summed E-state index contributed by atoms with van der Waals surface area (Å²) in [6.45, 7) is -0.934. The Morgan fingerprint density at radius 1 is 1.15 bits per heavy atom. The van der Waals surface area contributed by atoms with E-state index in [1.165, 1.54) is 12.1 Å². The third-order valence-corrected chi connectivity index (χ3v) is 7.40. The molecule has 5 atom stereocenters. The highest BCUT2D eigenvalue weighted by Crippen LogP contribution is 2.46. The van der Waals surface area contributed by atoms with Gasteiger partial charge in [0.25, 0.3) is 5.56 Å². The van der Waals surface area contributed by atoms with Crippen LogP contribution < -0.4 is 20.9 Å². The van der Waals surface area contributed by atoms with Crippen molar-refractivity contribution in [2.45, 2.75) is 24.0 Å². The van der Waals surface area contributed by atoms with E-state index in [1.54, 1.807) is 48.5 Å². The van der Waals surface area contributed by atoms with E-state index in [4.69, 9.17) is 24.9 Å². The average molecular weight is 571 g/mol. The fraction of sp³-hybridized carbons (Fsp3) is 0.269. The predicted octanol–water partition coefficient (Wildman–Crippen LogP) is 0.810. The van der Waals surface area contributed by atoms with Crippen molar-refractivity contribution in [1.29, 1.82) is 0 Å². The van der Waals surface area contributed by atoms with Crippen molar-refractivity contribution in [3.63, 3.8) is 0 Å². The van der Waals surface area contributed by atoms with Gasteiger partial charge in [0, 0.05) is 18.8 Å². The van der Waals surface area contributed by atoms with Crippen LogP contribution in [-0.4, -0.2) is 63.3 Å². The first kappa shape index (κ1) is 29.0. The molecule has 40 heavy (non-hydrogen) atoms. The largest absolute Gasteiger partial charge is 0.461 e. The summed E-state index contributed by atoms with van der Waals surface area (Å²) in [4.78, 5) is 37.9. The molecule has 210 valence electrons. The molecule has 2 aromatic carbocycles. The first-order chi connectivity index (χ1) is 19.1. The molecule has 3 aromatic rings. The maximum Gasteiger partial charge on any atom is 0.458 e. The molecule has 4 rings (SSSR count). The second-order valence-corrected chi connectivity index (χ2v) is 10.3. The second kappa shape index (κ2) is 12.4. The van der Waals surface area contributed by atoms with Gasteiger partial charge in [-0.3, -0.25) is 18.9 Å². The number of carbonyl (C=O) groups excluding carboxylic acids is 1. The molecule has 2 heterocycles. The van der Waals surface area contributed by atoms with Crippen LogP contribution >= 0.6 is 7.75 Å². The number of nitrogens with one attached hydrogen (secondary N) is 2. The van der Waals surface area contributed by atoms with E-state index in [2.05, 4.69) is 5.09 Å². The SMILES string of the molecule is C#C[C@]1(O)C(n2ccc(=O)[nH]c2=O)O[C@H](COP(=O)(NCCOC(=O)c2ccccc2)Oc2ccccc2)[C@H]1O. The van der Waals surface area contributed by atoms with E-state index >= 15 is 0 Å². The second-order valence-electron chi connectivity index (χ2n) is 8.57. The molecular formula is C26H26N3O10P. The molecule has 13 nitrogen and oxygen atoms in total. The number of ether oxygens (including phenoxy) is 2. The number of carbonyl (C=O) groups is 1. The number of terminal acetylenes is 1. The molecule has 0 spiro atoms. The van der Waals surface area contributed by atoms with Crippen molar-refractivity contribution < 1.29 is 38.1 Å². The van der Waals surface area contributed by atoms with Gasteiger partial charge in [0.2, 0.25) is 0 Å². The Kier molecular flexibility index (Phi) is 9.01. The number of H-pyrrole nitrogens is 1. The predicted molar refractivity (Wildman–Crippen MR) is 140 cm³/mol. The quantitative estimate of drug-likeness (QED) is 0.111. The Morgan fingerprint density at radius 3 is 2.48 bits per heavy atom. The van der Waals surface area contributed by atoms with Gasteiger partial charge in [0.1, 0.15) is 24.6 Å². The van der Waals surface area contributed by atoms with Crippen LogP contribution in [-0.2, 0) is 18.6 Å². The van der Waals surface area contributed by atoms with Crippen LogP contribution in [0.3, 0.4) is 0 Å². The maximum absolute atomic E-state index is 13.6. The molecule has 0 bridgehead atoms. The van der Waals surface area contributed by atoms with Crippen molar-refractivity contribution in [3.8, 4) is 18.1 Å². The van der Waals surface area contributed by atoms with Crippen LogP contribution in [0.1, 0.15) is 16.6 Å². The summed E-state index contributed by atoms with van der Waals surface area (Å²) >= 11 is 0. The number of nitrogens with zero attached hydrogens (tertiary/aromatic N) is 1. The summed E-state index contributed by atoms with van der Waals surface area (Å²) in [7, 11) is -4.19. The molecule has 4 N–H and O–H groups in total. The highest BCUT2D eigenvalue weighted by Gasteiger charge is 2.56. The minimum atomic E-state index is -4.19. The molecule has 1 fully saturated rings. The number of para-hydroxylation sites is 1. The lowest BCUT2D eigenvalue weighted by atomic mass is 9.95. The van der Waals surface area contributed by atoms with Gasteiger partial charge in [-0.2, -0.15) is 0 Å². The number of aliphatic hydroxyl groups excluding tert-OH is 1. The number of hydrogen-bond acceptors (Lipinski definition) is 10. The normalized spacial score (nSPS) is 23.6. The number of aromatic amines is 1. The van der Waals surface area contributed by atoms with Crippen molar-refractivity contribution in [1.82, 2.24) is 14.6 Å². The zero-order chi connectivity index (χ0) is 28.8. The third-order valence-electron chi connectivity index (χ3n) is 5.85. The number of rotatable bonds is 11. The van der Waals surface area contributed by atoms with Gasteiger partial charge in [0.15, 0.2) is 11.8 Å². The van der Waals surface area contributed by atoms with Crippen LogP contribution in [0.15, 0.2) is 82.5 Å². The summed E-state index contributed by atoms with van der Waals surface area (Å²) in [5.41, 5.74) is -3.69. The van der Waals surface area contributed by atoms with E-state index < -0.39 is 55.6 Å². The van der Waals surface area contributed by atoms with E-state index in [0.29, 0.717) is 5.56 Å². The molecule has 2 unspecified atom stereocenters. The zero-order valence-electron chi connectivity index (χ0n) is 20.9. The number of aliphatic hydroxyl groups is 2. The number of aromatic nitrogens is 2. The van der Waals surface area contributed by atoms with Crippen molar-refractivity contribution >= 4 is 13.7 Å². The van der Waals surface area contributed by atoms with Crippen LogP contribution in [0.5, 0.6) is 5.75 Å². The first-order valence-electron chi connectivity index (χ1n) is 12.0. The summed E-state index contributed by atoms with van der Waals surface area (Å²) in [6.07, 6.45) is 1.73. The molecule has 1 saturated heterocycles. The zero-order valence-corrected chi connectivity index (χ0v) is 21.8. The minimum absolute atomic E-state index is 0.138. The van der Waals surface area contributed by atoms with Crippen molar-refractivity contribution in [2.75, 3.05) is 19.8 Å². The molecule has 0 saturated carbocycles. The molecule has 1 aromatic heterocycles. The van der Waals surface area contributed by atoms with Crippen LogP contribution in [0.25, 0.3) is 0 Å². The fourth-order valence-electron chi connectivity index (χ4n) is 3.83. The Balaban J connectivity index is 1.45. The smallest absolute Gasteiger partial charge is 0.458 e. The van der Waals surface area contributed by atoms with E-state index in [-0.39, 0.29) is 18.9 Å². The lowest BCUT2D eigenvalue weighted by Crippen LogP contribution is -2.48. The minimum Gasteiger partial charge on any atom is -0.461 e. The number of benzene rings is 2. The molecule has 0 amide bonds. The molecule has 0 aliphatic carbocycles. The lowest BCUT2D eigenvalue weighted by Gasteiger charge is -2.26. The van der Waals surface area contributed by atoms with E-state index in [1.807, 2.05) is 10.9 Å². The molecule has 1 aliphatic heterocycles.